The van der Waals surface area contributed by atoms with Crippen molar-refractivity contribution in [3.63, 3.8) is 0 Å². The Hall–Kier alpha value is -4.61. The van der Waals surface area contributed by atoms with E-state index in [-0.39, 0.29) is 46.7 Å². The molecule has 3 aromatic rings. The van der Waals surface area contributed by atoms with E-state index in [2.05, 4.69) is 0 Å². The first-order valence-electron chi connectivity index (χ1n) is 14.1. The van der Waals surface area contributed by atoms with Crippen molar-refractivity contribution in [3.8, 4) is 0 Å². The van der Waals surface area contributed by atoms with Crippen molar-refractivity contribution < 1.29 is 36.8 Å². The molecule has 12 heteroatoms. The summed E-state index contributed by atoms with van der Waals surface area (Å²) in [5.41, 5.74) is 0.281. The summed E-state index contributed by atoms with van der Waals surface area (Å²) in [4.78, 5) is 59.2. The molecule has 4 heterocycles. The molecule has 4 amide bonds. The van der Waals surface area contributed by atoms with Gasteiger partial charge in [-0.2, -0.15) is 13.2 Å². The van der Waals surface area contributed by atoms with Gasteiger partial charge in [-0.3, -0.25) is 24.1 Å². The number of rotatable bonds is 5. The lowest BCUT2D eigenvalue weighted by molar-refractivity contribution is -0.138. The van der Waals surface area contributed by atoms with Crippen LogP contribution >= 0.6 is 0 Å². The molecule has 1 aromatic heterocycles. The number of carbonyl (C=O) groups is 4. The number of anilines is 1. The van der Waals surface area contributed by atoms with Gasteiger partial charge in [0.1, 0.15) is 0 Å². The second-order valence-corrected chi connectivity index (χ2v) is 11.0. The van der Waals surface area contributed by atoms with Gasteiger partial charge in [-0.05, 0) is 54.8 Å². The van der Waals surface area contributed by atoms with Gasteiger partial charge in [0, 0.05) is 39.3 Å². The highest BCUT2D eigenvalue weighted by atomic mass is 19.4. The van der Waals surface area contributed by atoms with Crippen LogP contribution in [-0.2, 0) is 17.5 Å². The van der Waals surface area contributed by atoms with E-state index in [0.29, 0.717) is 57.8 Å². The number of nitrogens with zero attached hydrogens (tertiary/aromatic N) is 4. The molecule has 0 saturated carbocycles. The largest absolute Gasteiger partial charge is 0.459 e. The molecule has 0 N–H and O–H groups in total. The number of hydrogen-bond acceptors (Lipinski definition) is 6. The van der Waals surface area contributed by atoms with Crippen LogP contribution in [0.4, 0.5) is 18.9 Å². The van der Waals surface area contributed by atoms with Gasteiger partial charge in [-0.15, -0.1) is 0 Å². The lowest BCUT2D eigenvalue weighted by Gasteiger charge is -2.39. The molecule has 6 rings (SSSR count). The number of piperazine rings is 1. The van der Waals surface area contributed by atoms with Crippen molar-refractivity contribution in [2.24, 2.45) is 5.92 Å². The molecule has 2 fully saturated rings. The average molecular weight is 595 g/mol. The van der Waals surface area contributed by atoms with Gasteiger partial charge in [0.05, 0.1) is 41.1 Å². The number of alkyl halides is 3. The smallest absolute Gasteiger partial charge is 0.416 e. The fourth-order valence-corrected chi connectivity index (χ4v) is 6.09. The zero-order valence-corrected chi connectivity index (χ0v) is 23.2. The molecule has 0 aliphatic carbocycles. The van der Waals surface area contributed by atoms with Crippen molar-refractivity contribution in [1.82, 2.24) is 14.7 Å². The predicted octanol–water partition coefficient (Wildman–Crippen LogP) is 4.30. The van der Waals surface area contributed by atoms with Crippen molar-refractivity contribution in [3.05, 3.63) is 88.9 Å². The van der Waals surface area contributed by atoms with Gasteiger partial charge in [0.25, 0.3) is 17.7 Å². The molecular weight excluding hydrogens is 565 g/mol. The Morgan fingerprint density at radius 1 is 0.884 bits per heavy atom. The van der Waals surface area contributed by atoms with Crippen LogP contribution in [0.5, 0.6) is 0 Å². The van der Waals surface area contributed by atoms with Crippen LogP contribution < -0.4 is 4.90 Å². The standard InChI is InChI=1S/C31H29F3N4O5/c32-31(33,34)22-7-1-5-20(17-22)18-38-28(40)23-8-2-9-24(26(23)30(38)42)37-11-3-6-21(19-37)27(39)35-12-14-36(15-13-35)29(41)25-10-4-16-43-25/h1-2,4-5,7-10,16-17,21H,3,6,11-15,18-19H2/t21-/m1/s1. The van der Waals surface area contributed by atoms with Crippen LogP contribution in [0.3, 0.4) is 0 Å². The van der Waals surface area contributed by atoms with Crippen LogP contribution in [0, 0.1) is 5.92 Å². The Balaban J connectivity index is 1.14. The molecule has 0 unspecified atom stereocenters. The second kappa shape index (κ2) is 11.2. The summed E-state index contributed by atoms with van der Waals surface area (Å²) in [6, 6.07) is 12.8. The maximum Gasteiger partial charge on any atom is 0.416 e. The van der Waals surface area contributed by atoms with E-state index < -0.39 is 23.6 Å². The van der Waals surface area contributed by atoms with Crippen LogP contribution in [0.25, 0.3) is 0 Å². The first-order chi connectivity index (χ1) is 20.6. The van der Waals surface area contributed by atoms with E-state index in [9.17, 15) is 32.3 Å². The highest BCUT2D eigenvalue weighted by molar-refractivity contribution is 6.23. The lowest BCUT2D eigenvalue weighted by atomic mass is 9.94. The Morgan fingerprint density at radius 2 is 1.63 bits per heavy atom. The van der Waals surface area contributed by atoms with Crippen LogP contribution in [0.1, 0.15) is 55.2 Å². The third-order valence-corrected chi connectivity index (χ3v) is 8.29. The van der Waals surface area contributed by atoms with Gasteiger partial charge in [-0.25, -0.2) is 0 Å². The van der Waals surface area contributed by atoms with Gasteiger partial charge in [0.2, 0.25) is 5.91 Å². The summed E-state index contributed by atoms with van der Waals surface area (Å²) in [6.45, 7) is 2.25. The predicted molar refractivity (Wildman–Crippen MR) is 148 cm³/mol. The SMILES string of the molecule is O=C(c1ccco1)N1CCN(C(=O)[C@@H]2CCCN(c3cccc4c3C(=O)N(Cc3cccc(C(F)(F)F)c3)C4=O)C2)CC1. The quantitative estimate of drug-likeness (QED) is 0.409. The Kier molecular flexibility index (Phi) is 7.45. The zero-order valence-electron chi connectivity index (χ0n) is 23.2. The Labute approximate surface area is 245 Å². The number of benzene rings is 2. The first kappa shape index (κ1) is 28.5. The summed E-state index contributed by atoms with van der Waals surface area (Å²) in [5, 5.41) is 0. The number of halogens is 3. The summed E-state index contributed by atoms with van der Waals surface area (Å²) in [7, 11) is 0. The maximum atomic E-state index is 13.5. The number of piperidine rings is 1. The maximum absolute atomic E-state index is 13.5. The van der Waals surface area contributed by atoms with E-state index >= 15 is 0 Å². The molecular formula is C31H29F3N4O5. The summed E-state index contributed by atoms with van der Waals surface area (Å²) < 4.78 is 44.9. The minimum atomic E-state index is -4.54. The molecule has 2 saturated heterocycles. The zero-order chi connectivity index (χ0) is 30.3. The Bertz CT molecular complexity index is 1560. The van der Waals surface area contributed by atoms with Gasteiger partial charge in [-0.1, -0.05) is 18.2 Å². The number of amides is 4. The van der Waals surface area contributed by atoms with E-state index in [0.717, 1.165) is 17.0 Å². The summed E-state index contributed by atoms with van der Waals surface area (Å²) in [5.74, 6) is -1.43. The van der Waals surface area contributed by atoms with E-state index in [1.54, 1.807) is 40.1 Å². The third-order valence-electron chi connectivity index (χ3n) is 8.29. The van der Waals surface area contributed by atoms with Crippen LogP contribution in [0.2, 0.25) is 0 Å². The number of hydrogen-bond donors (Lipinski definition) is 0. The number of fused-ring (bicyclic) bond motifs is 1. The molecule has 0 bridgehead atoms. The highest BCUT2D eigenvalue weighted by Gasteiger charge is 2.40. The number of imide groups is 1. The summed E-state index contributed by atoms with van der Waals surface area (Å²) >= 11 is 0. The Morgan fingerprint density at radius 3 is 2.35 bits per heavy atom. The fourth-order valence-electron chi connectivity index (χ4n) is 6.09. The minimum absolute atomic E-state index is 0.0176. The average Bonchev–Trinajstić information content (AvgIpc) is 3.64. The minimum Gasteiger partial charge on any atom is -0.459 e. The van der Waals surface area contributed by atoms with Crippen molar-refractivity contribution in [2.45, 2.75) is 25.6 Å². The van der Waals surface area contributed by atoms with Gasteiger partial charge >= 0.3 is 6.18 Å². The van der Waals surface area contributed by atoms with Crippen molar-refractivity contribution in [2.75, 3.05) is 44.2 Å². The normalized spacial score (nSPS) is 19.2. The molecule has 224 valence electrons. The van der Waals surface area contributed by atoms with Gasteiger partial charge < -0.3 is 19.1 Å². The molecule has 0 radical (unpaired) electrons. The third kappa shape index (κ3) is 5.49. The first-order valence-corrected chi connectivity index (χ1v) is 14.1. The van der Waals surface area contributed by atoms with Crippen LogP contribution in [-0.4, -0.2) is 77.6 Å². The molecule has 1 atom stereocenters. The molecule has 43 heavy (non-hydrogen) atoms. The lowest BCUT2D eigenvalue weighted by Crippen LogP contribution is -2.53. The number of furan rings is 1. The van der Waals surface area contributed by atoms with E-state index in [1.807, 2.05) is 4.90 Å². The van der Waals surface area contributed by atoms with Gasteiger partial charge in [0.15, 0.2) is 5.76 Å². The molecule has 2 aromatic carbocycles. The van der Waals surface area contributed by atoms with Crippen molar-refractivity contribution in [1.29, 1.82) is 0 Å². The topological polar surface area (TPSA) is 94.4 Å². The molecule has 0 spiro atoms. The van der Waals surface area contributed by atoms with E-state index in [4.69, 9.17) is 4.42 Å². The van der Waals surface area contributed by atoms with E-state index in [1.165, 1.54) is 18.4 Å². The molecule has 3 aliphatic heterocycles. The number of carbonyl (C=O) groups excluding carboxylic acids is 4. The fraction of sp³-hybridized carbons (Fsp3) is 0.355. The monoisotopic (exact) mass is 594 g/mol. The highest BCUT2D eigenvalue weighted by Crippen LogP contribution is 2.36. The summed E-state index contributed by atoms with van der Waals surface area (Å²) in [6.07, 6.45) is -1.72. The second-order valence-electron chi connectivity index (χ2n) is 11.0. The van der Waals surface area contributed by atoms with Crippen molar-refractivity contribution >= 4 is 29.3 Å². The van der Waals surface area contributed by atoms with Crippen LogP contribution in [0.15, 0.2) is 65.3 Å². The molecule has 9 nitrogen and oxygen atoms in total. The molecule has 3 aliphatic rings.